The minimum Gasteiger partial charge on any atom is -0.389 e. The van der Waals surface area contributed by atoms with Crippen molar-refractivity contribution in [1.82, 2.24) is 5.32 Å². The Morgan fingerprint density at radius 3 is 2.89 bits per heavy atom. The molecule has 1 unspecified atom stereocenters. The number of urea groups is 1. The second kappa shape index (κ2) is 6.57. The van der Waals surface area contributed by atoms with Gasteiger partial charge < -0.3 is 15.7 Å². The molecule has 0 radical (unpaired) electrons. The molecule has 1 aliphatic rings. The topological polar surface area (TPSA) is 61.4 Å². The first-order valence-electron chi connectivity index (χ1n) is 6.98. The Bertz CT molecular complexity index is 428. The van der Waals surface area contributed by atoms with Crippen LogP contribution in [0.15, 0.2) is 24.3 Å². The van der Waals surface area contributed by atoms with E-state index in [1.807, 2.05) is 18.2 Å². The van der Waals surface area contributed by atoms with E-state index in [2.05, 4.69) is 10.6 Å². The van der Waals surface area contributed by atoms with Gasteiger partial charge in [-0.3, -0.25) is 0 Å². The van der Waals surface area contributed by atoms with Crippen LogP contribution in [0.2, 0.25) is 0 Å². The maximum Gasteiger partial charge on any atom is 0.319 e. The molecule has 1 fully saturated rings. The second-order valence-electron chi connectivity index (χ2n) is 5.27. The second-order valence-corrected chi connectivity index (χ2v) is 5.27. The van der Waals surface area contributed by atoms with Crippen molar-refractivity contribution < 1.29 is 9.90 Å². The number of carbonyl (C=O) groups excluding carboxylic acids is 1. The molecule has 1 aromatic rings. The van der Waals surface area contributed by atoms with Gasteiger partial charge in [-0.1, -0.05) is 31.4 Å². The Kier molecular flexibility index (Phi) is 4.80. The van der Waals surface area contributed by atoms with Crippen LogP contribution in [0.1, 0.15) is 44.3 Å². The zero-order valence-electron chi connectivity index (χ0n) is 11.4. The van der Waals surface area contributed by atoms with Crippen LogP contribution in [0.3, 0.4) is 0 Å². The summed E-state index contributed by atoms with van der Waals surface area (Å²) in [6, 6.07) is 7.09. The SMILES string of the molecule is CC(O)c1cccc(NC(=O)NCCC2CCC2)c1. The summed E-state index contributed by atoms with van der Waals surface area (Å²) < 4.78 is 0. The predicted octanol–water partition coefficient (Wildman–Crippen LogP) is 3.05. The summed E-state index contributed by atoms with van der Waals surface area (Å²) in [5.74, 6) is 0.805. The maximum atomic E-state index is 11.7. The fourth-order valence-corrected chi connectivity index (χ4v) is 2.22. The molecule has 1 aliphatic carbocycles. The summed E-state index contributed by atoms with van der Waals surface area (Å²) in [4.78, 5) is 11.7. The van der Waals surface area contributed by atoms with Gasteiger partial charge in [-0.15, -0.1) is 0 Å². The lowest BCUT2D eigenvalue weighted by Crippen LogP contribution is -2.31. The van der Waals surface area contributed by atoms with E-state index in [1.165, 1.54) is 19.3 Å². The highest BCUT2D eigenvalue weighted by molar-refractivity contribution is 5.89. The van der Waals surface area contributed by atoms with Crippen molar-refractivity contribution in [2.24, 2.45) is 5.92 Å². The molecule has 0 bridgehead atoms. The third kappa shape index (κ3) is 4.24. The zero-order chi connectivity index (χ0) is 13.7. The molecule has 0 heterocycles. The standard InChI is InChI=1S/C15H22N2O2/c1-11(18)13-6-3-7-14(10-13)17-15(19)16-9-8-12-4-2-5-12/h3,6-7,10-12,18H,2,4-5,8-9H2,1H3,(H2,16,17,19). The van der Waals surface area contributed by atoms with E-state index in [0.717, 1.165) is 24.4 Å². The van der Waals surface area contributed by atoms with E-state index in [1.54, 1.807) is 13.0 Å². The molecule has 1 atom stereocenters. The summed E-state index contributed by atoms with van der Waals surface area (Å²) in [6.07, 6.45) is 4.49. The normalized spacial score (nSPS) is 16.5. The van der Waals surface area contributed by atoms with Crippen LogP contribution >= 0.6 is 0 Å². The van der Waals surface area contributed by atoms with Crippen molar-refractivity contribution in [2.45, 2.75) is 38.7 Å². The third-order valence-electron chi connectivity index (χ3n) is 3.69. The highest BCUT2D eigenvalue weighted by Crippen LogP contribution is 2.28. The number of rotatable bonds is 5. The first kappa shape index (κ1) is 13.9. The van der Waals surface area contributed by atoms with Gasteiger partial charge in [0.2, 0.25) is 0 Å². The average molecular weight is 262 g/mol. The molecule has 0 saturated heterocycles. The molecule has 4 heteroatoms. The van der Waals surface area contributed by atoms with E-state index in [0.29, 0.717) is 5.69 Å². The monoisotopic (exact) mass is 262 g/mol. The van der Waals surface area contributed by atoms with E-state index >= 15 is 0 Å². The molecule has 0 aliphatic heterocycles. The molecule has 104 valence electrons. The molecule has 2 rings (SSSR count). The fraction of sp³-hybridized carbons (Fsp3) is 0.533. The van der Waals surface area contributed by atoms with Crippen LogP contribution in [0.4, 0.5) is 10.5 Å². The summed E-state index contributed by atoms with van der Waals surface area (Å²) in [5.41, 5.74) is 1.51. The molecule has 1 saturated carbocycles. The van der Waals surface area contributed by atoms with Gasteiger partial charge in [0.05, 0.1) is 6.10 Å². The number of anilines is 1. The van der Waals surface area contributed by atoms with E-state index < -0.39 is 6.10 Å². The number of hydrogen-bond donors (Lipinski definition) is 3. The van der Waals surface area contributed by atoms with Gasteiger partial charge in [0, 0.05) is 12.2 Å². The molecule has 0 spiro atoms. The van der Waals surface area contributed by atoms with Crippen LogP contribution in [0.5, 0.6) is 0 Å². The Labute approximate surface area is 114 Å². The van der Waals surface area contributed by atoms with Crippen LogP contribution in [-0.2, 0) is 0 Å². The Morgan fingerprint density at radius 1 is 1.47 bits per heavy atom. The van der Waals surface area contributed by atoms with Crippen molar-refractivity contribution >= 4 is 11.7 Å². The number of amides is 2. The first-order chi connectivity index (χ1) is 9.15. The van der Waals surface area contributed by atoms with Crippen molar-refractivity contribution in [3.63, 3.8) is 0 Å². The number of aliphatic hydroxyl groups is 1. The van der Waals surface area contributed by atoms with Gasteiger partial charge in [-0.2, -0.15) is 0 Å². The molecule has 1 aromatic carbocycles. The number of benzene rings is 1. The number of carbonyl (C=O) groups is 1. The van der Waals surface area contributed by atoms with E-state index in [4.69, 9.17) is 0 Å². The summed E-state index contributed by atoms with van der Waals surface area (Å²) in [6.45, 7) is 2.43. The Morgan fingerprint density at radius 2 is 2.26 bits per heavy atom. The quantitative estimate of drug-likeness (QED) is 0.763. The molecule has 0 aromatic heterocycles. The van der Waals surface area contributed by atoms with Crippen molar-refractivity contribution in [1.29, 1.82) is 0 Å². The van der Waals surface area contributed by atoms with Crippen LogP contribution < -0.4 is 10.6 Å². The molecule has 2 amide bonds. The lowest BCUT2D eigenvalue weighted by molar-refractivity contribution is 0.199. The highest BCUT2D eigenvalue weighted by atomic mass is 16.3. The number of nitrogens with one attached hydrogen (secondary N) is 2. The van der Waals surface area contributed by atoms with E-state index in [9.17, 15) is 9.90 Å². The van der Waals surface area contributed by atoms with Gasteiger partial charge in [-0.25, -0.2) is 4.79 Å². The van der Waals surface area contributed by atoms with Gasteiger partial charge in [0.1, 0.15) is 0 Å². The van der Waals surface area contributed by atoms with E-state index in [-0.39, 0.29) is 6.03 Å². The smallest absolute Gasteiger partial charge is 0.319 e. The molecule has 19 heavy (non-hydrogen) atoms. The minimum atomic E-state index is -0.525. The molecular weight excluding hydrogens is 240 g/mol. The maximum absolute atomic E-state index is 11.7. The zero-order valence-corrected chi connectivity index (χ0v) is 11.4. The highest BCUT2D eigenvalue weighted by Gasteiger charge is 2.16. The van der Waals surface area contributed by atoms with Crippen LogP contribution in [0.25, 0.3) is 0 Å². The fourth-order valence-electron chi connectivity index (χ4n) is 2.22. The van der Waals surface area contributed by atoms with Gasteiger partial charge in [0.25, 0.3) is 0 Å². The van der Waals surface area contributed by atoms with Gasteiger partial charge >= 0.3 is 6.03 Å². The van der Waals surface area contributed by atoms with Crippen molar-refractivity contribution in [2.75, 3.05) is 11.9 Å². The average Bonchev–Trinajstić information content (AvgIpc) is 2.32. The molecule has 4 nitrogen and oxygen atoms in total. The summed E-state index contributed by atoms with van der Waals surface area (Å²) in [7, 11) is 0. The Balaban J connectivity index is 1.75. The predicted molar refractivity (Wildman–Crippen MR) is 76.1 cm³/mol. The minimum absolute atomic E-state index is 0.179. The van der Waals surface area contributed by atoms with Crippen molar-refractivity contribution in [3.8, 4) is 0 Å². The lowest BCUT2D eigenvalue weighted by Gasteiger charge is -2.25. The number of hydrogen-bond acceptors (Lipinski definition) is 2. The van der Waals surface area contributed by atoms with Gasteiger partial charge in [-0.05, 0) is 37.0 Å². The van der Waals surface area contributed by atoms with Gasteiger partial charge in [0.15, 0.2) is 0 Å². The lowest BCUT2D eigenvalue weighted by atomic mass is 9.83. The molecular formula is C15H22N2O2. The van der Waals surface area contributed by atoms with Crippen molar-refractivity contribution in [3.05, 3.63) is 29.8 Å². The third-order valence-corrected chi connectivity index (χ3v) is 3.69. The summed E-state index contributed by atoms with van der Waals surface area (Å²) in [5, 5.41) is 15.1. The molecule has 3 N–H and O–H groups in total. The van der Waals surface area contributed by atoms with Crippen LogP contribution in [-0.4, -0.2) is 17.7 Å². The largest absolute Gasteiger partial charge is 0.389 e. The first-order valence-corrected chi connectivity index (χ1v) is 6.98. The summed E-state index contributed by atoms with van der Waals surface area (Å²) >= 11 is 0. The number of aliphatic hydroxyl groups excluding tert-OH is 1. The van der Waals surface area contributed by atoms with Crippen LogP contribution in [0, 0.1) is 5.92 Å². The Hall–Kier alpha value is -1.55.